The fourth-order valence-corrected chi connectivity index (χ4v) is 3.54. The lowest BCUT2D eigenvalue weighted by Crippen LogP contribution is -2.27. The number of amides is 1. The minimum absolute atomic E-state index is 0.279. The predicted octanol–water partition coefficient (Wildman–Crippen LogP) is 2.68. The first-order valence-electron chi connectivity index (χ1n) is 6.22. The first-order chi connectivity index (χ1) is 10.1. The maximum absolute atomic E-state index is 12.5. The number of hydroxylamine groups is 1. The molecule has 0 fully saturated rings. The van der Waals surface area contributed by atoms with Crippen molar-refractivity contribution >= 4 is 28.3 Å². The van der Waals surface area contributed by atoms with Crippen LogP contribution in [0.3, 0.4) is 0 Å². The molecule has 0 bridgehead atoms. The van der Waals surface area contributed by atoms with Gasteiger partial charge in [0.1, 0.15) is 5.75 Å². The van der Waals surface area contributed by atoms with Crippen LogP contribution in [0.5, 0.6) is 0 Å². The molecule has 6 heteroatoms. The van der Waals surface area contributed by atoms with Crippen LogP contribution in [0.15, 0.2) is 54.6 Å². The van der Waals surface area contributed by atoms with Crippen molar-refractivity contribution in [2.45, 2.75) is 5.25 Å². The van der Waals surface area contributed by atoms with E-state index in [0.717, 1.165) is 11.1 Å². The molecule has 110 valence electrons. The van der Waals surface area contributed by atoms with Gasteiger partial charge in [-0.05, 0) is 23.3 Å². The van der Waals surface area contributed by atoms with Gasteiger partial charge in [0.05, 0.1) is 5.25 Å². The van der Waals surface area contributed by atoms with E-state index in [9.17, 15) is 9.00 Å². The zero-order chi connectivity index (χ0) is 15.2. The lowest BCUT2D eigenvalue weighted by Gasteiger charge is -2.17. The number of benzene rings is 2. The fourth-order valence-electron chi connectivity index (χ4n) is 2.01. The second kappa shape index (κ2) is 7.36. The smallest absolute Gasteiger partial charge is 0.255 e. The van der Waals surface area contributed by atoms with E-state index in [4.69, 9.17) is 16.8 Å². The molecule has 0 aliphatic carbocycles. The lowest BCUT2D eigenvalue weighted by molar-refractivity contribution is -0.126. The van der Waals surface area contributed by atoms with Gasteiger partial charge in [0, 0.05) is 15.8 Å². The molecule has 0 aliphatic heterocycles. The minimum Gasteiger partial charge on any atom is -0.289 e. The first kappa shape index (κ1) is 15.7. The zero-order valence-electron chi connectivity index (χ0n) is 11.0. The second-order valence-corrected chi connectivity index (χ2v) is 6.36. The second-order valence-electron chi connectivity index (χ2n) is 4.40. The van der Waals surface area contributed by atoms with Crippen molar-refractivity contribution in [3.8, 4) is 0 Å². The Labute approximate surface area is 130 Å². The summed E-state index contributed by atoms with van der Waals surface area (Å²) >= 11 is 5.88. The maximum Gasteiger partial charge on any atom is 0.255 e. The molecule has 2 aromatic rings. The van der Waals surface area contributed by atoms with E-state index in [0.29, 0.717) is 5.02 Å². The van der Waals surface area contributed by atoms with E-state index in [-0.39, 0.29) is 5.75 Å². The summed E-state index contributed by atoms with van der Waals surface area (Å²) in [5, 5.41) is 8.72. The molecule has 0 saturated carbocycles. The molecule has 2 N–H and O–H groups in total. The maximum atomic E-state index is 12.5. The van der Waals surface area contributed by atoms with Gasteiger partial charge in [-0.2, -0.15) is 0 Å². The summed E-state index contributed by atoms with van der Waals surface area (Å²) in [4.78, 5) is 11.3. The summed E-state index contributed by atoms with van der Waals surface area (Å²) in [6.45, 7) is 0. The van der Waals surface area contributed by atoms with Gasteiger partial charge in [0.2, 0.25) is 0 Å². The van der Waals surface area contributed by atoms with Crippen molar-refractivity contribution in [1.29, 1.82) is 0 Å². The Kier molecular flexibility index (Phi) is 5.50. The van der Waals surface area contributed by atoms with Crippen LogP contribution >= 0.6 is 11.6 Å². The van der Waals surface area contributed by atoms with Crippen LogP contribution < -0.4 is 5.48 Å². The Morgan fingerprint density at radius 1 is 1.10 bits per heavy atom. The molecule has 0 aromatic heterocycles. The highest BCUT2D eigenvalue weighted by Gasteiger charge is 2.23. The Morgan fingerprint density at radius 2 is 1.67 bits per heavy atom. The average molecular weight is 324 g/mol. The molecule has 0 heterocycles. The van der Waals surface area contributed by atoms with Gasteiger partial charge in [0.25, 0.3) is 5.91 Å². The number of hydrogen-bond acceptors (Lipinski definition) is 3. The predicted molar refractivity (Wildman–Crippen MR) is 82.7 cm³/mol. The summed E-state index contributed by atoms with van der Waals surface area (Å²) in [5.74, 6) is -0.957. The largest absolute Gasteiger partial charge is 0.289 e. The molecular formula is C15H14ClNO3S. The highest BCUT2D eigenvalue weighted by molar-refractivity contribution is 7.86. The van der Waals surface area contributed by atoms with Crippen LogP contribution in [0, 0.1) is 0 Å². The standard InChI is InChI=1S/C15H14ClNO3S/c16-13-8-6-12(7-9-13)15(11-4-2-1-3-5-11)21(20)10-14(18)17-19/h1-9,15,19H,10H2,(H,17,18). The number of carbonyl (C=O) groups excluding carboxylic acids is 1. The van der Waals surface area contributed by atoms with Gasteiger partial charge >= 0.3 is 0 Å². The molecule has 0 radical (unpaired) electrons. The minimum atomic E-state index is -1.51. The monoisotopic (exact) mass is 323 g/mol. The van der Waals surface area contributed by atoms with E-state index in [1.807, 2.05) is 30.3 Å². The van der Waals surface area contributed by atoms with E-state index < -0.39 is 22.0 Å². The summed E-state index contributed by atoms with van der Waals surface area (Å²) in [6, 6.07) is 16.3. The molecule has 2 rings (SSSR count). The summed E-state index contributed by atoms with van der Waals surface area (Å²) in [5.41, 5.74) is 3.15. The Balaban J connectivity index is 2.37. The molecule has 2 aromatic carbocycles. The van der Waals surface area contributed by atoms with Crippen molar-refractivity contribution < 1.29 is 14.2 Å². The molecule has 2 atom stereocenters. The molecule has 4 nitrogen and oxygen atoms in total. The Morgan fingerprint density at radius 3 is 2.24 bits per heavy atom. The molecule has 1 amide bonds. The topological polar surface area (TPSA) is 66.4 Å². The SMILES string of the molecule is O=C(CS(=O)C(c1ccccc1)c1ccc(Cl)cc1)NO. The van der Waals surface area contributed by atoms with E-state index in [1.165, 1.54) is 5.48 Å². The van der Waals surface area contributed by atoms with Crippen LogP contribution in [0.1, 0.15) is 16.4 Å². The first-order valence-corrected chi connectivity index (χ1v) is 7.98. The molecule has 2 unspecified atom stereocenters. The summed E-state index contributed by atoms with van der Waals surface area (Å²) in [7, 11) is -1.51. The van der Waals surface area contributed by atoms with Crippen LogP contribution in [-0.2, 0) is 15.6 Å². The van der Waals surface area contributed by atoms with Crippen molar-refractivity contribution in [2.24, 2.45) is 0 Å². The molecule has 0 saturated heterocycles. The number of hydrogen-bond donors (Lipinski definition) is 2. The van der Waals surface area contributed by atoms with Gasteiger partial charge in [0.15, 0.2) is 0 Å². The van der Waals surface area contributed by atoms with Crippen molar-refractivity contribution in [3.63, 3.8) is 0 Å². The summed E-state index contributed by atoms with van der Waals surface area (Å²) in [6.07, 6.45) is 0. The Hall–Kier alpha value is -1.69. The van der Waals surface area contributed by atoms with Crippen LogP contribution in [-0.4, -0.2) is 21.1 Å². The van der Waals surface area contributed by atoms with E-state index in [2.05, 4.69) is 0 Å². The number of rotatable bonds is 5. The molecular weight excluding hydrogens is 310 g/mol. The highest BCUT2D eigenvalue weighted by atomic mass is 35.5. The highest BCUT2D eigenvalue weighted by Crippen LogP contribution is 2.29. The average Bonchev–Trinajstić information content (AvgIpc) is 2.50. The molecule has 0 spiro atoms. The lowest BCUT2D eigenvalue weighted by atomic mass is 10.0. The number of halogens is 1. The van der Waals surface area contributed by atoms with Crippen LogP contribution in [0.4, 0.5) is 0 Å². The fraction of sp³-hybridized carbons (Fsp3) is 0.133. The zero-order valence-corrected chi connectivity index (χ0v) is 12.6. The van der Waals surface area contributed by atoms with Crippen LogP contribution in [0.25, 0.3) is 0 Å². The number of carbonyl (C=O) groups is 1. The Bertz CT molecular complexity index is 631. The van der Waals surface area contributed by atoms with Crippen molar-refractivity contribution in [1.82, 2.24) is 5.48 Å². The van der Waals surface area contributed by atoms with Gasteiger partial charge in [-0.25, -0.2) is 5.48 Å². The number of nitrogens with one attached hydrogen (secondary N) is 1. The van der Waals surface area contributed by atoms with Gasteiger partial charge < -0.3 is 0 Å². The van der Waals surface area contributed by atoms with Gasteiger partial charge in [-0.1, -0.05) is 54.1 Å². The molecule has 21 heavy (non-hydrogen) atoms. The van der Waals surface area contributed by atoms with E-state index in [1.54, 1.807) is 24.3 Å². The third-order valence-electron chi connectivity index (χ3n) is 2.94. The normalized spacial score (nSPS) is 13.4. The third kappa shape index (κ3) is 4.14. The van der Waals surface area contributed by atoms with E-state index >= 15 is 0 Å². The van der Waals surface area contributed by atoms with Crippen molar-refractivity contribution in [2.75, 3.05) is 5.75 Å². The van der Waals surface area contributed by atoms with Crippen LogP contribution in [0.2, 0.25) is 5.02 Å². The summed E-state index contributed by atoms with van der Waals surface area (Å²) < 4.78 is 12.5. The van der Waals surface area contributed by atoms with Gasteiger partial charge in [-0.3, -0.25) is 14.2 Å². The molecule has 0 aliphatic rings. The van der Waals surface area contributed by atoms with Crippen molar-refractivity contribution in [3.05, 3.63) is 70.7 Å². The van der Waals surface area contributed by atoms with Gasteiger partial charge in [-0.15, -0.1) is 0 Å². The quantitative estimate of drug-likeness (QED) is 0.656. The third-order valence-corrected chi connectivity index (χ3v) is 4.80.